The van der Waals surface area contributed by atoms with Crippen LogP contribution in [0, 0.1) is 0 Å². The number of hydrogen-bond acceptors (Lipinski definition) is 6. The lowest BCUT2D eigenvalue weighted by atomic mass is 10.2. The number of methoxy groups -OCH3 is 2. The van der Waals surface area contributed by atoms with Gasteiger partial charge in [0.05, 0.1) is 25.8 Å². The molecule has 0 radical (unpaired) electrons. The van der Waals surface area contributed by atoms with Crippen LogP contribution >= 0.6 is 0 Å². The van der Waals surface area contributed by atoms with E-state index >= 15 is 0 Å². The molecule has 0 fully saturated rings. The Morgan fingerprint density at radius 3 is 2.36 bits per heavy atom. The quantitative estimate of drug-likeness (QED) is 0.629. The number of nitrogens with one attached hydrogen (secondary N) is 1. The van der Waals surface area contributed by atoms with Crippen LogP contribution in [0.3, 0.4) is 0 Å². The summed E-state index contributed by atoms with van der Waals surface area (Å²) in [5.74, 6) is 0.446. The van der Waals surface area contributed by atoms with Gasteiger partial charge in [0.2, 0.25) is 0 Å². The summed E-state index contributed by atoms with van der Waals surface area (Å²) in [5.41, 5.74) is 0.978. The molecule has 2 aromatic carbocycles. The molecule has 0 aliphatic heterocycles. The Hall–Kier alpha value is -3.48. The smallest absolute Gasteiger partial charge is 0.338 e. The summed E-state index contributed by atoms with van der Waals surface area (Å²) in [5, 5.41) is 3.71. The maximum atomic E-state index is 12.2. The van der Waals surface area contributed by atoms with Gasteiger partial charge in [-0.2, -0.15) is 0 Å². The zero-order chi connectivity index (χ0) is 20.1. The van der Waals surface area contributed by atoms with Crippen LogP contribution in [-0.4, -0.2) is 32.7 Å². The second kappa shape index (κ2) is 8.47. The highest BCUT2D eigenvalue weighted by Crippen LogP contribution is 2.24. The highest BCUT2D eigenvalue weighted by Gasteiger charge is 2.17. The molecule has 0 spiro atoms. The van der Waals surface area contributed by atoms with E-state index in [0.29, 0.717) is 17.3 Å². The van der Waals surface area contributed by atoms with Gasteiger partial charge in [0.1, 0.15) is 22.8 Å². The summed E-state index contributed by atoms with van der Waals surface area (Å²) in [6, 6.07) is 13.8. The lowest BCUT2D eigenvalue weighted by molar-refractivity contribution is -0.125. The molecular weight excluding hydrogens is 362 g/mol. The maximum absolute atomic E-state index is 12.2. The molecule has 0 unspecified atom stereocenters. The second-order valence-electron chi connectivity index (χ2n) is 6.15. The topological polar surface area (TPSA) is 87.0 Å². The fourth-order valence-electron chi connectivity index (χ4n) is 2.71. The average Bonchev–Trinajstić information content (AvgIpc) is 3.16. The molecule has 0 aliphatic carbocycles. The van der Waals surface area contributed by atoms with Gasteiger partial charge in [0.15, 0.2) is 6.61 Å². The SMILES string of the molecule is COc1cc(OC)cc(C(=O)OCC(=O)N[C@H](C)c2cc3ccccc3o2)c1. The normalized spacial score (nSPS) is 11.7. The van der Waals surface area contributed by atoms with Crippen molar-refractivity contribution < 1.29 is 28.2 Å². The van der Waals surface area contributed by atoms with Gasteiger partial charge in [0, 0.05) is 11.5 Å². The Morgan fingerprint density at radius 1 is 1.04 bits per heavy atom. The minimum Gasteiger partial charge on any atom is -0.497 e. The van der Waals surface area contributed by atoms with Gasteiger partial charge in [-0.05, 0) is 31.2 Å². The molecule has 1 aromatic heterocycles. The number of ether oxygens (including phenoxy) is 3. The van der Waals surface area contributed by atoms with Crippen LogP contribution in [0.5, 0.6) is 11.5 Å². The van der Waals surface area contributed by atoms with E-state index in [0.717, 1.165) is 11.0 Å². The molecule has 3 rings (SSSR count). The minimum atomic E-state index is -0.649. The number of benzene rings is 2. The molecule has 1 amide bonds. The number of amides is 1. The van der Waals surface area contributed by atoms with E-state index in [-0.39, 0.29) is 11.6 Å². The van der Waals surface area contributed by atoms with E-state index in [2.05, 4.69) is 5.32 Å². The molecule has 1 heterocycles. The van der Waals surface area contributed by atoms with Crippen molar-refractivity contribution in [3.8, 4) is 11.5 Å². The van der Waals surface area contributed by atoms with Crippen LogP contribution in [0.25, 0.3) is 11.0 Å². The Bertz CT molecular complexity index is 938. The van der Waals surface area contributed by atoms with Crippen molar-refractivity contribution >= 4 is 22.8 Å². The molecule has 7 nitrogen and oxygen atoms in total. The first kappa shape index (κ1) is 19.3. The lowest BCUT2D eigenvalue weighted by Crippen LogP contribution is -2.31. The Labute approximate surface area is 162 Å². The number of carbonyl (C=O) groups excluding carboxylic acids is 2. The molecule has 146 valence electrons. The van der Waals surface area contributed by atoms with Crippen molar-refractivity contribution in [1.82, 2.24) is 5.32 Å². The number of fused-ring (bicyclic) bond motifs is 1. The number of rotatable bonds is 7. The molecule has 1 atom stereocenters. The fourth-order valence-corrected chi connectivity index (χ4v) is 2.71. The Balaban J connectivity index is 1.58. The van der Waals surface area contributed by atoms with Gasteiger partial charge >= 0.3 is 5.97 Å². The highest BCUT2D eigenvalue weighted by atomic mass is 16.5. The minimum absolute atomic E-state index is 0.231. The molecule has 3 aromatic rings. The van der Waals surface area contributed by atoms with Gasteiger partial charge in [0.25, 0.3) is 5.91 Å². The molecule has 1 N–H and O–H groups in total. The van der Waals surface area contributed by atoms with E-state index in [1.54, 1.807) is 13.0 Å². The number of esters is 1. The van der Waals surface area contributed by atoms with Crippen molar-refractivity contribution in [3.05, 3.63) is 59.9 Å². The molecule has 0 saturated heterocycles. The third-order valence-electron chi connectivity index (χ3n) is 4.17. The van der Waals surface area contributed by atoms with Crippen molar-refractivity contribution in [2.75, 3.05) is 20.8 Å². The van der Waals surface area contributed by atoms with Crippen LogP contribution in [0.4, 0.5) is 0 Å². The maximum Gasteiger partial charge on any atom is 0.338 e. The predicted octanol–water partition coefficient (Wildman–Crippen LogP) is 3.48. The zero-order valence-corrected chi connectivity index (χ0v) is 15.9. The summed E-state index contributed by atoms with van der Waals surface area (Å²) in [6.07, 6.45) is 0. The summed E-state index contributed by atoms with van der Waals surface area (Å²) < 4.78 is 21.1. The second-order valence-corrected chi connectivity index (χ2v) is 6.15. The summed E-state index contributed by atoms with van der Waals surface area (Å²) in [4.78, 5) is 24.4. The van der Waals surface area contributed by atoms with Crippen molar-refractivity contribution in [2.45, 2.75) is 13.0 Å². The zero-order valence-electron chi connectivity index (χ0n) is 15.9. The van der Waals surface area contributed by atoms with Crippen LogP contribution in [0.15, 0.2) is 52.9 Å². The van der Waals surface area contributed by atoms with Gasteiger partial charge in [-0.15, -0.1) is 0 Å². The molecule has 0 bridgehead atoms. The van der Waals surface area contributed by atoms with Crippen molar-refractivity contribution in [2.24, 2.45) is 0 Å². The number of hydrogen-bond donors (Lipinski definition) is 1. The highest BCUT2D eigenvalue weighted by molar-refractivity contribution is 5.92. The van der Waals surface area contributed by atoms with E-state index < -0.39 is 18.5 Å². The third kappa shape index (κ3) is 4.43. The van der Waals surface area contributed by atoms with Gasteiger partial charge < -0.3 is 23.9 Å². The lowest BCUT2D eigenvalue weighted by Gasteiger charge is -2.12. The molecule has 28 heavy (non-hydrogen) atoms. The first-order valence-corrected chi connectivity index (χ1v) is 8.68. The fraction of sp³-hybridized carbons (Fsp3) is 0.238. The Morgan fingerprint density at radius 2 is 1.71 bits per heavy atom. The van der Waals surface area contributed by atoms with Crippen LogP contribution < -0.4 is 14.8 Å². The number of carbonyl (C=O) groups is 2. The van der Waals surface area contributed by atoms with E-state index in [4.69, 9.17) is 18.6 Å². The summed E-state index contributed by atoms with van der Waals surface area (Å²) in [7, 11) is 2.97. The largest absolute Gasteiger partial charge is 0.497 e. The first-order chi connectivity index (χ1) is 13.5. The third-order valence-corrected chi connectivity index (χ3v) is 4.17. The predicted molar refractivity (Wildman–Crippen MR) is 103 cm³/mol. The Kier molecular flexibility index (Phi) is 5.84. The average molecular weight is 383 g/mol. The van der Waals surface area contributed by atoms with Gasteiger partial charge in [-0.25, -0.2) is 4.79 Å². The number of para-hydroxylation sites is 1. The molecule has 0 saturated carbocycles. The molecular formula is C21H21NO6. The summed E-state index contributed by atoms with van der Waals surface area (Å²) >= 11 is 0. The molecule has 7 heteroatoms. The number of furan rings is 1. The van der Waals surface area contributed by atoms with Gasteiger partial charge in [-0.3, -0.25) is 4.79 Å². The van der Waals surface area contributed by atoms with E-state index in [1.165, 1.54) is 26.4 Å². The standard InChI is InChI=1S/C21H21NO6/c1-13(19-10-14-6-4-5-7-18(14)28-19)22-20(23)12-27-21(24)15-8-16(25-2)11-17(9-15)26-3/h4-11,13H,12H2,1-3H3,(H,22,23)/t13-/m1/s1. The molecule has 0 aliphatic rings. The van der Waals surface area contributed by atoms with Crippen LogP contribution in [-0.2, 0) is 9.53 Å². The van der Waals surface area contributed by atoms with Crippen LogP contribution in [0.2, 0.25) is 0 Å². The first-order valence-electron chi connectivity index (χ1n) is 8.68. The summed E-state index contributed by atoms with van der Waals surface area (Å²) in [6.45, 7) is 1.38. The van der Waals surface area contributed by atoms with E-state index in [1.807, 2.05) is 30.3 Å². The van der Waals surface area contributed by atoms with Crippen molar-refractivity contribution in [3.63, 3.8) is 0 Å². The van der Waals surface area contributed by atoms with Crippen molar-refractivity contribution in [1.29, 1.82) is 0 Å². The van der Waals surface area contributed by atoms with Gasteiger partial charge in [-0.1, -0.05) is 18.2 Å². The van der Waals surface area contributed by atoms with E-state index in [9.17, 15) is 9.59 Å². The van der Waals surface area contributed by atoms with Crippen LogP contribution in [0.1, 0.15) is 29.1 Å². The monoisotopic (exact) mass is 383 g/mol.